The maximum absolute atomic E-state index is 15.4. The van der Waals surface area contributed by atoms with Crippen LogP contribution in [0.5, 0.6) is 5.75 Å². The van der Waals surface area contributed by atoms with Gasteiger partial charge >= 0.3 is 17.9 Å². The number of hydrogen-bond acceptors (Lipinski definition) is 12. The van der Waals surface area contributed by atoms with E-state index in [1.54, 1.807) is 13.2 Å². The van der Waals surface area contributed by atoms with Gasteiger partial charge in [-0.25, -0.2) is 4.79 Å². The second kappa shape index (κ2) is 16.0. The van der Waals surface area contributed by atoms with Crippen LogP contribution < -0.4 is 9.64 Å². The number of ether oxygens (including phenoxy) is 4. The fraction of sp³-hybridized carbons (Fsp3) is 0.529. The Morgan fingerprint density at radius 1 is 0.984 bits per heavy atom. The minimum Gasteiger partial charge on any atom is -0.496 e. The molecule has 13 nitrogen and oxygen atoms in total. The largest absolute Gasteiger partial charge is 0.496 e. The van der Waals surface area contributed by atoms with Crippen LogP contribution in [-0.4, -0.2) is 122 Å². The summed E-state index contributed by atoms with van der Waals surface area (Å²) in [4.78, 5) is 66.1. The zero-order valence-corrected chi connectivity index (χ0v) is 38.4. The molecule has 64 heavy (non-hydrogen) atoms. The molecule has 340 valence electrons. The second-order valence-electron chi connectivity index (χ2n) is 19.0. The van der Waals surface area contributed by atoms with E-state index in [2.05, 4.69) is 52.1 Å². The van der Waals surface area contributed by atoms with Crippen LogP contribution in [0.1, 0.15) is 94.2 Å². The van der Waals surface area contributed by atoms with Gasteiger partial charge in [0.15, 0.2) is 11.9 Å². The summed E-state index contributed by atoms with van der Waals surface area (Å²) in [6.07, 6.45) is 12.2. The van der Waals surface area contributed by atoms with Crippen molar-refractivity contribution in [3.63, 3.8) is 0 Å². The van der Waals surface area contributed by atoms with Crippen molar-refractivity contribution in [1.29, 1.82) is 0 Å². The van der Waals surface area contributed by atoms with E-state index in [4.69, 9.17) is 18.9 Å². The number of H-pyrrole nitrogens is 1. The van der Waals surface area contributed by atoms with Crippen molar-refractivity contribution in [3.8, 4) is 5.75 Å². The molecule has 1 saturated carbocycles. The zero-order chi connectivity index (χ0) is 45.5. The first kappa shape index (κ1) is 44.0. The van der Waals surface area contributed by atoms with Gasteiger partial charge in [0, 0.05) is 97.4 Å². The highest BCUT2D eigenvalue weighted by atomic mass is 16.6. The van der Waals surface area contributed by atoms with Crippen LogP contribution in [0.2, 0.25) is 0 Å². The molecule has 0 amide bonds. The third-order valence-corrected chi connectivity index (χ3v) is 15.8. The normalized spacial score (nSPS) is 32.5. The molecule has 6 heterocycles. The number of benzene rings is 2. The first-order chi connectivity index (χ1) is 30.7. The molecule has 1 spiro atoms. The number of ketones is 1. The Morgan fingerprint density at radius 3 is 2.45 bits per heavy atom. The topological polar surface area (TPSA) is 151 Å². The van der Waals surface area contributed by atoms with Gasteiger partial charge in [0.1, 0.15) is 11.2 Å². The Balaban J connectivity index is 1.34. The number of rotatable bonds is 11. The van der Waals surface area contributed by atoms with E-state index in [1.807, 2.05) is 50.1 Å². The molecule has 1 aromatic heterocycles. The minimum atomic E-state index is -2.31. The number of fused-ring (bicyclic) bond motifs is 6. The van der Waals surface area contributed by atoms with Crippen molar-refractivity contribution in [2.75, 3.05) is 59.5 Å². The molecule has 2 bridgehead atoms. The van der Waals surface area contributed by atoms with Crippen molar-refractivity contribution in [3.05, 3.63) is 88.2 Å². The Bertz CT molecular complexity index is 2520. The molecule has 2 fully saturated rings. The molecule has 5 aliphatic heterocycles. The average molecular weight is 875 g/mol. The van der Waals surface area contributed by atoms with E-state index >= 15 is 4.79 Å². The molecule has 2 N–H and O–H groups in total. The number of aromatic amines is 1. The van der Waals surface area contributed by atoms with Gasteiger partial charge in [0.25, 0.3) is 0 Å². The summed E-state index contributed by atoms with van der Waals surface area (Å²) in [5.74, 6) is -1.42. The smallest absolute Gasteiger partial charge is 0.344 e. The number of aliphatic hydroxyl groups is 1. The second-order valence-corrected chi connectivity index (χ2v) is 19.0. The monoisotopic (exact) mass is 874 g/mol. The Labute approximate surface area is 375 Å². The molecular weight excluding hydrogens is 813 g/mol. The lowest BCUT2D eigenvalue weighted by Crippen LogP contribution is -2.81. The van der Waals surface area contributed by atoms with Crippen LogP contribution in [0.25, 0.3) is 17.0 Å². The fourth-order valence-electron chi connectivity index (χ4n) is 13.5. The van der Waals surface area contributed by atoms with Crippen molar-refractivity contribution in [2.24, 2.45) is 11.3 Å². The van der Waals surface area contributed by atoms with Crippen molar-refractivity contribution in [1.82, 2.24) is 14.8 Å². The molecule has 3 aromatic rings. The lowest BCUT2D eigenvalue weighted by Gasteiger charge is -2.63. The van der Waals surface area contributed by atoms with Crippen molar-refractivity contribution >= 4 is 46.4 Å². The van der Waals surface area contributed by atoms with E-state index in [1.165, 1.54) is 26.7 Å². The van der Waals surface area contributed by atoms with Gasteiger partial charge in [-0.3, -0.25) is 24.2 Å². The summed E-state index contributed by atoms with van der Waals surface area (Å²) >= 11 is 0. The number of carbonyl (C=O) groups is 4. The van der Waals surface area contributed by atoms with Gasteiger partial charge in [-0.15, -0.1) is 0 Å². The highest BCUT2D eigenvalue weighted by Gasteiger charge is 2.80. The zero-order valence-electron chi connectivity index (χ0n) is 38.4. The predicted molar refractivity (Wildman–Crippen MR) is 243 cm³/mol. The molecule has 0 radical (unpaired) electrons. The van der Waals surface area contributed by atoms with Crippen LogP contribution in [-0.2, 0) is 50.8 Å². The van der Waals surface area contributed by atoms with E-state index in [0.717, 1.165) is 64.9 Å². The number of likely N-dealkylation sites (N-methyl/N-ethyl adjacent to an activating group) is 1. The van der Waals surface area contributed by atoms with E-state index in [0.29, 0.717) is 56.6 Å². The highest BCUT2D eigenvalue weighted by Crippen LogP contribution is 2.68. The number of allylic oxidation sites excluding steroid dienone is 1. The third-order valence-electron chi connectivity index (χ3n) is 15.8. The number of nitrogens with zero attached hydrogens (tertiary/aromatic N) is 3. The van der Waals surface area contributed by atoms with Crippen LogP contribution in [0.4, 0.5) is 5.69 Å². The maximum Gasteiger partial charge on any atom is 0.344 e. The molecule has 1 saturated heterocycles. The fourth-order valence-corrected chi connectivity index (χ4v) is 13.5. The van der Waals surface area contributed by atoms with Gasteiger partial charge < -0.3 is 33.9 Å². The molecular formula is C51H62N4O9. The van der Waals surface area contributed by atoms with Crippen LogP contribution in [0, 0.1) is 11.3 Å². The number of esters is 3. The third kappa shape index (κ3) is 6.05. The lowest BCUT2D eigenvalue weighted by atomic mass is 9.47. The molecule has 9 rings (SSSR count). The summed E-state index contributed by atoms with van der Waals surface area (Å²) < 4.78 is 24.1. The molecule has 1 aliphatic carbocycles. The number of hydrogen-bond donors (Lipinski definition) is 2. The maximum atomic E-state index is 15.4. The molecule has 13 heteroatoms. The van der Waals surface area contributed by atoms with Gasteiger partial charge in [-0.1, -0.05) is 56.7 Å². The number of aromatic nitrogens is 1. The van der Waals surface area contributed by atoms with Crippen molar-refractivity contribution < 1.29 is 43.2 Å². The summed E-state index contributed by atoms with van der Waals surface area (Å²) in [5.41, 5.74) is 1.34. The molecule has 9 atom stereocenters. The summed E-state index contributed by atoms with van der Waals surface area (Å²) in [5, 5.41) is 14.3. The van der Waals surface area contributed by atoms with E-state index in [9.17, 15) is 19.5 Å². The molecule has 6 aliphatic rings. The Morgan fingerprint density at radius 2 is 1.77 bits per heavy atom. The average Bonchev–Trinajstić information content (AvgIpc) is 3.94. The standard InChI is InChI=1S/C51H62N4O9/c1-9-13-34(57)16-14-32-15-17-39-35(23-32)36-29-54-27-31(10-2)22-33(28-54)26-50(42(36)52-39,46(58)62-7)38-24-37-40(25-41(38)61-6)53(5)44-49(37)19-21-55-20-12-18-48(11-3,43(49)55)45(64-30(4)56)51(44,60)47(59)63-8/h12,14-18,22-25,33,43-45,52,60H,9-11,13,19-21,26-29H2,1-8H3/b16-14+/t33-,43+,44-,45-,48-,49-,50+,51+/m1/s1. The van der Waals surface area contributed by atoms with Gasteiger partial charge in [0.05, 0.1) is 27.4 Å². The number of anilines is 1. The number of carbonyl (C=O) groups excluding carboxylic acids is 4. The first-order valence-electron chi connectivity index (χ1n) is 22.9. The SMILES string of the molecule is CCCC(=O)/C=C/c1ccc2[nH]c3c(c2c1)CN1CC(CC)=C[C@@H](C1)C[C@]3(C(=O)OC)c1cc2c(cc1OC)N(C)[C@H]1[C@@](O)(C(=O)OC)[C@H](OC(C)=O)[C@]3(CC)C=CCN4CC[C@]21[C@@H]43. The van der Waals surface area contributed by atoms with E-state index in [-0.39, 0.29) is 17.7 Å². The Kier molecular flexibility index (Phi) is 11.0. The number of nitrogens with one attached hydrogen (secondary N) is 1. The van der Waals surface area contributed by atoms with Crippen molar-refractivity contribution in [2.45, 2.75) is 107 Å². The van der Waals surface area contributed by atoms with Gasteiger partial charge in [0.2, 0.25) is 5.60 Å². The summed E-state index contributed by atoms with van der Waals surface area (Å²) in [7, 11) is 6.17. The highest BCUT2D eigenvalue weighted by molar-refractivity contribution is 5.97. The summed E-state index contributed by atoms with van der Waals surface area (Å²) in [6, 6.07) is 8.93. The molecule has 2 aromatic carbocycles. The van der Waals surface area contributed by atoms with Crippen LogP contribution >= 0.6 is 0 Å². The minimum absolute atomic E-state index is 0.0289. The van der Waals surface area contributed by atoms with E-state index < -0.39 is 51.9 Å². The predicted octanol–water partition coefficient (Wildman–Crippen LogP) is 6.14. The van der Waals surface area contributed by atoms with Gasteiger partial charge in [-0.05, 0) is 85.5 Å². The molecule has 1 unspecified atom stereocenters. The Hall–Kier alpha value is -5.24. The van der Waals surface area contributed by atoms with Crippen LogP contribution in [0.15, 0.2) is 60.2 Å². The first-order valence-corrected chi connectivity index (χ1v) is 22.9. The number of methoxy groups -OCH3 is 3. The van der Waals surface area contributed by atoms with Gasteiger partial charge in [-0.2, -0.15) is 0 Å². The summed E-state index contributed by atoms with van der Waals surface area (Å²) in [6.45, 7) is 10.9. The van der Waals surface area contributed by atoms with Crippen LogP contribution in [0.3, 0.4) is 0 Å². The lowest BCUT2D eigenvalue weighted by molar-refractivity contribution is -0.228. The quantitative estimate of drug-likeness (QED) is 0.0987.